The van der Waals surface area contributed by atoms with Gasteiger partial charge >= 0.3 is 5.97 Å². The number of aromatic carboxylic acids is 1. The molecule has 0 aliphatic carbocycles. The average molecular weight is 383 g/mol. The van der Waals surface area contributed by atoms with E-state index >= 15 is 0 Å². The molecule has 0 radical (unpaired) electrons. The van der Waals surface area contributed by atoms with Crippen LogP contribution >= 0.6 is 11.3 Å². The van der Waals surface area contributed by atoms with Crippen LogP contribution in [0.15, 0.2) is 48.5 Å². The maximum Gasteiger partial charge on any atom is 0.346 e. The third-order valence-corrected chi connectivity index (χ3v) is 5.81. The van der Waals surface area contributed by atoms with Crippen molar-refractivity contribution in [3.05, 3.63) is 69.7 Å². The van der Waals surface area contributed by atoms with Crippen molar-refractivity contribution in [2.75, 3.05) is 5.32 Å². The minimum Gasteiger partial charge on any atom is -0.508 e. The summed E-state index contributed by atoms with van der Waals surface area (Å²) < 4.78 is 14.4. The number of thiophene rings is 1. The van der Waals surface area contributed by atoms with Crippen molar-refractivity contribution >= 4 is 28.9 Å². The van der Waals surface area contributed by atoms with E-state index in [-0.39, 0.29) is 34.1 Å². The Hall–Kier alpha value is -3.19. The zero-order chi connectivity index (χ0) is 19.1. The average Bonchev–Trinajstić information content (AvgIpc) is 3.01. The molecule has 136 valence electrons. The summed E-state index contributed by atoms with van der Waals surface area (Å²) in [6.07, 6.45) is 0.118. The Kier molecular flexibility index (Phi) is 4.16. The Balaban J connectivity index is 1.97. The van der Waals surface area contributed by atoms with Gasteiger partial charge in [-0.3, -0.25) is 4.79 Å². The number of amides is 1. The van der Waals surface area contributed by atoms with Gasteiger partial charge in [-0.15, -0.1) is 11.3 Å². The molecule has 1 aromatic heterocycles. The molecule has 27 heavy (non-hydrogen) atoms. The van der Waals surface area contributed by atoms with E-state index in [4.69, 9.17) is 0 Å². The third-order valence-electron chi connectivity index (χ3n) is 4.52. The van der Waals surface area contributed by atoms with Crippen LogP contribution in [0.25, 0.3) is 11.1 Å². The van der Waals surface area contributed by atoms with Crippen LogP contribution in [0.2, 0.25) is 0 Å². The Morgan fingerprint density at radius 3 is 2.67 bits per heavy atom. The molecule has 3 aromatic rings. The van der Waals surface area contributed by atoms with Gasteiger partial charge in [-0.1, -0.05) is 30.3 Å². The Bertz CT molecular complexity index is 1080. The number of halogens is 1. The Labute approximate surface area is 157 Å². The second kappa shape index (κ2) is 6.51. The number of carbonyl (C=O) groups is 2. The van der Waals surface area contributed by atoms with Crippen molar-refractivity contribution in [3.8, 4) is 16.9 Å². The van der Waals surface area contributed by atoms with Crippen LogP contribution in [-0.4, -0.2) is 22.1 Å². The predicted molar refractivity (Wildman–Crippen MR) is 99.9 cm³/mol. The minimum absolute atomic E-state index is 0.0301. The maximum absolute atomic E-state index is 14.4. The van der Waals surface area contributed by atoms with Gasteiger partial charge in [0.05, 0.1) is 5.69 Å². The van der Waals surface area contributed by atoms with E-state index in [1.54, 1.807) is 24.3 Å². The van der Waals surface area contributed by atoms with Crippen molar-refractivity contribution in [2.24, 2.45) is 0 Å². The number of fused-ring (bicyclic) bond motifs is 1. The number of carboxylic acid groups (broad SMARTS) is 1. The number of anilines is 1. The molecular formula is C20H14FNO4S. The van der Waals surface area contributed by atoms with Crippen molar-refractivity contribution in [2.45, 2.75) is 12.3 Å². The smallest absolute Gasteiger partial charge is 0.346 e. The second-order valence-corrected chi connectivity index (χ2v) is 7.28. The highest BCUT2D eigenvalue weighted by molar-refractivity contribution is 7.15. The number of phenols is 1. The summed E-state index contributed by atoms with van der Waals surface area (Å²) in [5, 5.41) is 22.2. The van der Waals surface area contributed by atoms with Gasteiger partial charge < -0.3 is 15.5 Å². The first-order chi connectivity index (χ1) is 13.0. The van der Waals surface area contributed by atoms with E-state index in [0.29, 0.717) is 16.1 Å². The Morgan fingerprint density at radius 2 is 1.96 bits per heavy atom. The molecule has 2 heterocycles. The summed E-state index contributed by atoms with van der Waals surface area (Å²) in [7, 11) is 0. The lowest BCUT2D eigenvalue weighted by Crippen LogP contribution is -2.22. The number of aromatic hydroxyl groups is 1. The Morgan fingerprint density at radius 1 is 1.19 bits per heavy atom. The molecule has 3 N–H and O–H groups in total. The van der Waals surface area contributed by atoms with Crippen LogP contribution in [0.3, 0.4) is 0 Å². The normalized spacial score (nSPS) is 15.9. The molecule has 1 atom stereocenters. The van der Waals surface area contributed by atoms with Crippen LogP contribution in [0.1, 0.15) is 32.5 Å². The van der Waals surface area contributed by atoms with Gasteiger partial charge in [-0.25, -0.2) is 9.18 Å². The molecule has 0 saturated carbocycles. The minimum atomic E-state index is -1.18. The SMILES string of the molecule is O=C1C[C@@H](c2cccc(O)c2)c2sc(C(=O)O)c(-c3ccccc3F)c2N1. The second-order valence-electron chi connectivity index (χ2n) is 6.23. The van der Waals surface area contributed by atoms with E-state index in [1.807, 2.05) is 0 Å². The van der Waals surface area contributed by atoms with Crippen molar-refractivity contribution in [3.63, 3.8) is 0 Å². The molecule has 1 amide bonds. The van der Waals surface area contributed by atoms with Gasteiger partial charge in [0.1, 0.15) is 16.4 Å². The van der Waals surface area contributed by atoms with Gasteiger partial charge in [0, 0.05) is 28.3 Å². The highest BCUT2D eigenvalue weighted by atomic mass is 32.1. The fourth-order valence-corrected chi connectivity index (χ4v) is 4.61. The van der Waals surface area contributed by atoms with Crippen molar-refractivity contribution in [1.29, 1.82) is 0 Å². The van der Waals surface area contributed by atoms with Crippen LogP contribution in [0.4, 0.5) is 10.1 Å². The first kappa shape index (κ1) is 17.2. The topological polar surface area (TPSA) is 86.6 Å². The monoisotopic (exact) mass is 383 g/mol. The summed E-state index contributed by atoms with van der Waals surface area (Å²) in [4.78, 5) is 24.8. The van der Waals surface area contributed by atoms with Gasteiger partial charge in [0.25, 0.3) is 0 Å². The van der Waals surface area contributed by atoms with Crippen LogP contribution in [0, 0.1) is 5.82 Å². The number of nitrogens with one attached hydrogen (secondary N) is 1. The summed E-state index contributed by atoms with van der Waals surface area (Å²) in [6.45, 7) is 0. The fraction of sp³-hybridized carbons (Fsp3) is 0.100. The summed E-state index contributed by atoms with van der Waals surface area (Å²) >= 11 is 1.02. The molecule has 0 spiro atoms. The highest BCUT2D eigenvalue weighted by Gasteiger charge is 2.35. The van der Waals surface area contributed by atoms with Crippen molar-refractivity contribution < 1.29 is 24.2 Å². The number of carboxylic acids is 1. The third kappa shape index (κ3) is 2.96. The molecule has 0 unspecified atom stereocenters. The van der Waals surface area contributed by atoms with Crippen molar-refractivity contribution in [1.82, 2.24) is 0 Å². The van der Waals surface area contributed by atoms with E-state index < -0.39 is 17.7 Å². The molecule has 5 nitrogen and oxygen atoms in total. The van der Waals surface area contributed by atoms with E-state index in [9.17, 15) is 24.2 Å². The molecule has 0 fully saturated rings. The molecule has 0 bridgehead atoms. The standard InChI is InChI=1S/C20H14FNO4S/c21-14-7-2-1-6-12(14)16-17-18(27-19(16)20(25)26)13(9-15(24)22-17)10-4-3-5-11(23)8-10/h1-8,13,23H,9H2,(H,22,24)(H,25,26)/t13-/m0/s1. The first-order valence-electron chi connectivity index (χ1n) is 8.19. The lowest BCUT2D eigenvalue weighted by Gasteiger charge is -2.24. The number of hydrogen-bond donors (Lipinski definition) is 3. The highest BCUT2D eigenvalue weighted by Crippen LogP contribution is 2.50. The number of rotatable bonds is 3. The summed E-state index contributed by atoms with van der Waals surface area (Å²) in [5.41, 5.74) is 1.33. The maximum atomic E-state index is 14.4. The molecule has 2 aromatic carbocycles. The van der Waals surface area contributed by atoms with Crippen LogP contribution in [-0.2, 0) is 4.79 Å². The summed E-state index contributed by atoms with van der Waals surface area (Å²) in [6, 6.07) is 12.4. The number of hydrogen-bond acceptors (Lipinski definition) is 4. The van der Waals surface area contributed by atoms with Gasteiger partial charge in [-0.05, 0) is 23.8 Å². The molecule has 7 heteroatoms. The molecule has 1 aliphatic rings. The molecule has 0 saturated heterocycles. The molecule has 1 aliphatic heterocycles. The quantitative estimate of drug-likeness (QED) is 0.624. The van der Waals surface area contributed by atoms with Crippen LogP contribution in [0.5, 0.6) is 5.75 Å². The van der Waals surface area contributed by atoms with E-state index in [1.165, 1.54) is 24.3 Å². The molecule has 4 rings (SSSR count). The van der Waals surface area contributed by atoms with E-state index in [2.05, 4.69) is 5.32 Å². The number of phenolic OH excluding ortho intramolecular Hbond substituents is 1. The zero-order valence-corrected chi connectivity index (χ0v) is 14.7. The summed E-state index contributed by atoms with van der Waals surface area (Å²) in [5.74, 6) is -2.39. The van der Waals surface area contributed by atoms with Gasteiger partial charge in [0.15, 0.2) is 0 Å². The van der Waals surface area contributed by atoms with Crippen LogP contribution < -0.4 is 5.32 Å². The zero-order valence-electron chi connectivity index (χ0n) is 13.9. The molecular weight excluding hydrogens is 369 g/mol. The fourth-order valence-electron chi connectivity index (χ4n) is 3.37. The van der Waals surface area contributed by atoms with E-state index in [0.717, 1.165) is 11.3 Å². The lowest BCUT2D eigenvalue weighted by molar-refractivity contribution is -0.116. The van der Waals surface area contributed by atoms with Gasteiger partial charge in [-0.2, -0.15) is 0 Å². The number of carbonyl (C=O) groups excluding carboxylic acids is 1. The first-order valence-corrected chi connectivity index (χ1v) is 9.01. The number of benzene rings is 2. The lowest BCUT2D eigenvalue weighted by atomic mass is 9.88. The predicted octanol–water partition coefficient (Wildman–Crippen LogP) is 4.43. The largest absolute Gasteiger partial charge is 0.508 e. The van der Waals surface area contributed by atoms with Gasteiger partial charge in [0.2, 0.25) is 5.91 Å².